The van der Waals surface area contributed by atoms with Gasteiger partial charge in [-0.3, -0.25) is 14.3 Å². The molecule has 3 N–H and O–H groups in total. The van der Waals surface area contributed by atoms with E-state index in [1.807, 2.05) is 4.72 Å². The first-order valence-corrected chi connectivity index (χ1v) is 16.9. The SMILES string of the molecule is O=C(NS(=O)(=O)c1cccc(NS(=O)(=O)C2CC2)c1)c1c(-c2ccc[nH]c2=O)c2cc(Cl)ccc2n1Cc1ccc(F)cc1F. The molecule has 1 saturated carbocycles. The fourth-order valence-corrected chi connectivity index (χ4v) is 7.57. The number of anilines is 1. The van der Waals surface area contributed by atoms with Crippen molar-refractivity contribution in [2.75, 3.05) is 4.72 Å². The van der Waals surface area contributed by atoms with E-state index in [0.717, 1.165) is 12.1 Å². The number of amides is 1. The fourth-order valence-electron chi connectivity index (χ4n) is 5.02. The van der Waals surface area contributed by atoms with Gasteiger partial charge >= 0.3 is 0 Å². The second-order valence-electron chi connectivity index (χ2n) is 10.4. The van der Waals surface area contributed by atoms with E-state index in [9.17, 15) is 35.2 Å². The maximum atomic E-state index is 14.9. The van der Waals surface area contributed by atoms with Crippen LogP contribution in [0.5, 0.6) is 0 Å². The standard InChI is InChI=1S/C30H23ClF2N4O6S2/c31-18-7-11-26-24(13-18)27(23-5-2-12-34-29(23)38)28(37(26)16-17-6-8-19(32)14-25(17)33)30(39)36-45(42,43)22-4-1-3-20(15-22)35-44(40,41)21-9-10-21/h1-8,11-15,21,35H,9-10,16H2,(H,34,38)(H,36,39). The van der Waals surface area contributed by atoms with E-state index < -0.39 is 53.3 Å². The molecule has 45 heavy (non-hydrogen) atoms. The minimum atomic E-state index is -4.63. The second-order valence-corrected chi connectivity index (χ2v) is 14.5. The molecule has 0 aliphatic heterocycles. The molecule has 1 fully saturated rings. The van der Waals surface area contributed by atoms with Gasteiger partial charge in [0, 0.05) is 50.6 Å². The summed E-state index contributed by atoms with van der Waals surface area (Å²) in [7, 11) is -8.33. The molecule has 232 valence electrons. The number of carbonyl (C=O) groups is 1. The van der Waals surface area contributed by atoms with Crippen molar-refractivity contribution < 1.29 is 30.4 Å². The Labute approximate surface area is 260 Å². The van der Waals surface area contributed by atoms with Gasteiger partial charge in [-0.1, -0.05) is 23.7 Å². The normalized spacial score (nSPS) is 13.6. The molecule has 0 saturated heterocycles. The zero-order valence-corrected chi connectivity index (χ0v) is 25.4. The monoisotopic (exact) mass is 672 g/mol. The molecule has 2 aromatic heterocycles. The maximum absolute atomic E-state index is 14.9. The average molecular weight is 673 g/mol. The van der Waals surface area contributed by atoms with Gasteiger partial charge in [-0.2, -0.15) is 0 Å². The van der Waals surface area contributed by atoms with Crippen molar-refractivity contribution in [1.82, 2.24) is 14.3 Å². The molecule has 1 aliphatic carbocycles. The largest absolute Gasteiger partial charge is 0.331 e. The molecule has 2 heterocycles. The molecular weight excluding hydrogens is 650 g/mol. The van der Waals surface area contributed by atoms with E-state index in [0.29, 0.717) is 29.8 Å². The van der Waals surface area contributed by atoms with Crippen LogP contribution in [0.1, 0.15) is 28.9 Å². The first kappa shape index (κ1) is 30.5. The Morgan fingerprint density at radius 2 is 1.76 bits per heavy atom. The van der Waals surface area contributed by atoms with E-state index in [2.05, 4.69) is 9.71 Å². The zero-order valence-electron chi connectivity index (χ0n) is 23.1. The van der Waals surface area contributed by atoms with Crippen LogP contribution >= 0.6 is 11.6 Å². The second kappa shape index (κ2) is 11.4. The lowest BCUT2D eigenvalue weighted by Gasteiger charge is -2.14. The summed E-state index contributed by atoms with van der Waals surface area (Å²) >= 11 is 6.29. The number of aromatic amines is 1. The van der Waals surface area contributed by atoms with E-state index in [4.69, 9.17) is 11.6 Å². The molecule has 1 aliphatic rings. The average Bonchev–Trinajstić information content (AvgIpc) is 3.79. The Balaban J connectivity index is 1.49. The highest BCUT2D eigenvalue weighted by Crippen LogP contribution is 2.36. The highest BCUT2D eigenvalue weighted by atomic mass is 35.5. The van der Waals surface area contributed by atoms with E-state index in [1.54, 1.807) is 0 Å². The summed E-state index contributed by atoms with van der Waals surface area (Å²) in [6, 6.07) is 15.3. The van der Waals surface area contributed by atoms with Crippen molar-refractivity contribution in [2.24, 2.45) is 0 Å². The Kier molecular flexibility index (Phi) is 7.75. The summed E-state index contributed by atoms with van der Waals surface area (Å²) in [6.07, 6.45) is 2.37. The minimum Gasteiger partial charge on any atom is -0.331 e. The number of hydrogen-bond acceptors (Lipinski definition) is 6. The lowest BCUT2D eigenvalue weighted by atomic mass is 10.0. The van der Waals surface area contributed by atoms with Gasteiger partial charge < -0.3 is 9.55 Å². The third-order valence-electron chi connectivity index (χ3n) is 7.27. The van der Waals surface area contributed by atoms with Crippen molar-refractivity contribution in [2.45, 2.75) is 29.5 Å². The van der Waals surface area contributed by atoms with Crippen LogP contribution in [0.15, 0.2) is 88.7 Å². The maximum Gasteiger partial charge on any atom is 0.282 e. The third kappa shape index (κ3) is 6.08. The smallest absolute Gasteiger partial charge is 0.282 e. The molecule has 3 aromatic carbocycles. The number of halogens is 3. The van der Waals surface area contributed by atoms with Gasteiger partial charge in [-0.25, -0.2) is 30.3 Å². The summed E-state index contributed by atoms with van der Waals surface area (Å²) in [5.41, 5.74) is -0.620. The molecule has 15 heteroatoms. The topological polar surface area (TPSA) is 147 Å². The predicted octanol–water partition coefficient (Wildman–Crippen LogP) is 5.00. The highest BCUT2D eigenvalue weighted by molar-refractivity contribution is 7.93. The van der Waals surface area contributed by atoms with Crippen LogP contribution < -0.4 is 15.0 Å². The molecule has 6 rings (SSSR count). The molecule has 0 spiro atoms. The highest BCUT2D eigenvalue weighted by Gasteiger charge is 2.36. The molecule has 0 unspecified atom stereocenters. The van der Waals surface area contributed by atoms with Crippen LogP contribution in [-0.2, 0) is 26.6 Å². The number of rotatable bonds is 9. The van der Waals surface area contributed by atoms with Gasteiger partial charge in [0.25, 0.3) is 21.5 Å². The summed E-state index contributed by atoms with van der Waals surface area (Å²) in [5.74, 6) is -2.90. The van der Waals surface area contributed by atoms with Gasteiger partial charge in [0.05, 0.1) is 16.7 Å². The van der Waals surface area contributed by atoms with E-state index in [1.165, 1.54) is 65.4 Å². The Morgan fingerprint density at radius 3 is 2.47 bits per heavy atom. The van der Waals surface area contributed by atoms with Gasteiger partial charge in [0.15, 0.2) is 0 Å². The van der Waals surface area contributed by atoms with Crippen LogP contribution in [0.3, 0.4) is 0 Å². The van der Waals surface area contributed by atoms with E-state index in [-0.39, 0.29) is 39.6 Å². The summed E-state index contributed by atoms with van der Waals surface area (Å²) in [5, 5.41) is -0.0228. The molecule has 10 nitrogen and oxygen atoms in total. The molecule has 5 aromatic rings. The van der Waals surface area contributed by atoms with Gasteiger partial charge in [0.2, 0.25) is 10.0 Å². The summed E-state index contributed by atoms with van der Waals surface area (Å²) < 4.78 is 86.1. The summed E-state index contributed by atoms with van der Waals surface area (Å²) in [6.45, 7) is -0.351. The van der Waals surface area contributed by atoms with E-state index >= 15 is 0 Å². The lowest BCUT2D eigenvalue weighted by molar-refractivity contribution is 0.0974. The number of fused-ring (bicyclic) bond motifs is 1. The number of nitrogens with zero attached hydrogens (tertiary/aromatic N) is 1. The molecule has 0 atom stereocenters. The molecule has 1 amide bonds. The van der Waals surface area contributed by atoms with Gasteiger partial charge in [0.1, 0.15) is 17.3 Å². The van der Waals surface area contributed by atoms with Crippen molar-refractivity contribution in [1.29, 1.82) is 0 Å². The molecule has 0 radical (unpaired) electrons. The van der Waals surface area contributed by atoms with Crippen molar-refractivity contribution in [3.05, 3.63) is 117 Å². The number of sulfonamides is 2. The summed E-state index contributed by atoms with van der Waals surface area (Å²) in [4.78, 5) is 29.1. The number of H-pyrrole nitrogens is 1. The Morgan fingerprint density at radius 1 is 0.978 bits per heavy atom. The minimum absolute atomic E-state index is 0.00197. The van der Waals surface area contributed by atoms with Crippen LogP contribution in [0.25, 0.3) is 22.0 Å². The first-order chi connectivity index (χ1) is 21.3. The predicted molar refractivity (Wildman–Crippen MR) is 165 cm³/mol. The number of carbonyl (C=O) groups excluding carboxylic acids is 1. The Bertz CT molecular complexity index is 2280. The number of aromatic nitrogens is 2. The first-order valence-electron chi connectivity index (χ1n) is 13.5. The molecule has 0 bridgehead atoms. The lowest BCUT2D eigenvalue weighted by Crippen LogP contribution is -2.33. The van der Waals surface area contributed by atoms with Gasteiger partial charge in [-0.05, 0) is 67.4 Å². The Hall–Kier alpha value is -4.53. The van der Waals surface area contributed by atoms with Crippen molar-refractivity contribution in [3.63, 3.8) is 0 Å². The number of benzene rings is 3. The number of hydrogen-bond donors (Lipinski definition) is 3. The van der Waals surface area contributed by atoms with Crippen LogP contribution in [-0.4, -0.2) is 37.5 Å². The number of pyridine rings is 1. The number of nitrogens with one attached hydrogen (secondary N) is 3. The van der Waals surface area contributed by atoms with Crippen molar-refractivity contribution >= 4 is 54.1 Å². The van der Waals surface area contributed by atoms with Gasteiger partial charge in [-0.15, -0.1) is 0 Å². The van der Waals surface area contributed by atoms with Crippen LogP contribution in [0.2, 0.25) is 5.02 Å². The van der Waals surface area contributed by atoms with Crippen LogP contribution in [0.4, 0.5) is 14.5 Å². The zero-order chi connectivity index (χ0) is 32.1. The van der Waals surface area contributed by atoms with Crippen LogP contribution in [0, 0.1) is 11.6 Å². The van der Waals surface area contributed by atoms with Crippen molar-refractivity contribution in [3.8, 4) is 11.1 Å². The third-order valence-corrected chi connectivity index (χ3v) is 10.7. The molecular formula is C30H23ClF2N4O6S2. The quantitative estimate of drug-likeness (QED) is 0.201. The fraction of sp³-hybridized carbons (Fsp3) is 0.133.